The molecule has 6 heteroatoms. The molecular formula is C16H17N3O3. The molecule has 114 valence electrons. The van der Waals surface area contributed by atoms with Crippen molar-refractivity contribution >= 4 is 23.3 Å². The Kier molecular flexibility index (Phi) is 3.05. The summed E-state index contributed by atoms with van der Waals surface area (Å²) in [6.07, 6.45) is 0. The fraction of sp³-hybridized carbons (Fsp3) is 0.312. The van der Waals surface area contributed by atoms with Gasteiger partial charge in [0.1, 0.15) is 5.76 Å². The first-order valence-corrected chi connectivity index (χ1v) is 6.98. The zero-order valence-corrected chi connectivity index (χ0v) is 12.9. The van der Waals surface area contributed by atoms with Crippen molar-refractivity contribution in [1.82, 2.24) is 5.16 Å². The second-order valence-electron chi connectivity index (χ2n) is 6.00. The van der Waals surface area contributed by atoms with Crippen LogP contribution in [0.5, 0.6) is 0 Å². The van der Waals surface area contributed by atoms with E-state index in [-0.39, 0.29) is 11.8 Å². The molecule has 0 atom stereocenters. The van der Waals surface area contributed by atoms with Crippen LogP contribution in [0.3, 0.4) is 0 Å². The van der Waals surface area contributed by atoms with Crippen molar-refractivity contribution in [3.05, 3.63) is 41.2 Å². The summed E-state index contributed by atoms with van der Waals surface area (Å²) >= 11 is 0. The number of aromatic nitrogens is 1. The van der Waals surface area contributed by atoms with E-state index in [0.29, 0.717) is 17.1 Å². The molecule has 0 unspecified atom stereocenters. The highest BCUT2D eigenvalue weighted by atomic mass is 16.5. The van der Waals surface area contributed by atoms with Crippen LogP contribution in [0.1, 0.15) is 35.5 Å². The van der Waals surface area contributed by atoms with Gasteiger partial charge in [-0.3, -0.25) is 9.59 Å². The van der Waals surface area contributed by atoms with Crippen molar-refractivity contribution in [2.45, 2.75) is 26.2 Å². The maximum atomic E-state index is 12.3. The highest BCUT2D eigenvalue weighted by molar-refractivity contribution is 6.09. The number of amides is 2. The van der Waals surface area contributed by atoms with Crippen molar-refractivity contribution in [2.75, 3.05) is 17.3 Å². The smallest absolute Gasteiger partial charge is 0.256 e. The highest BCUT2D eigenvalue weighted by Crippen LogP contribution is 2.41. The molecule has 22 heavy (non-hydrogen) atoms. The summed E-state index contributed by atoms with van der Waals surface area (Å²) in [7, 11) is 1.74. The number of aryl methyl sites for hydroxylation is 1. The lowest BCUT2D eigenvalue weighted by Gasteiger charge is -2.16. The molecule has 1 N–H and O–H groups in total. The molecule has 0 fully saturated rings. The average molecular weight is 299 g/mol. The number of rotatable bonds is 2. The first kappa shape index (κ1) is 14.3. The quantitative estimate of drug-likeness (QED) is 0.924. The fourth-order valence-corrected chi connectivity index (χ4v) is 2.73. The minimum atomic E-state index is -0.634. The molecule has 1 aromatic carbocycles. The van der Waals surface area contributed by atoms with Crippen molar-refractivity contribution in [3.8, 4) is 0 Å². The van der Waals surface area contributed by atoms with E-state index in [4.69, 9.17) is 4.52 Å². The highest BCUT2D eigenvalue weighted by Gasteiger charge is 2.42. The van der Waals surface area contributed by atoms with Crippen molar-refractivity contribution in [3.63, 3.8) is 0 Å². The van der Waals surface area contributed by atoms with E-state index in [1.807, 2.05) is 13.8 Å². The average Bonchev–Trinajstić information content (AvgIpc) is 2.95. The molecule has 2 amide bonds. The Balaban J connectivity index is 1.93. The Morgan fingerprint density at radius 3 is 2.68 bits per heavy atom. The molecule has 0 bridgehead atoms. The topological polar surface area (TPSA) is 75.4 Å². The lowest BCUT2D eigenvalue weighted by atomic mass is 9.85. The second kappa shape index (κ2) is 4.69. The third kappa shape index (κ3) is 2.07. The van der Waals surface area contributed by atoms with Crippen molar-refractivity contribution in [1.29, 1.82) is 0 Å². The number of hydrogen-bond acceptors (Lipinski definition) is 4. The van der Waals surface area contributed by atoms with Crippen LogP contribution in [0.25, 0.3) is 0 Å². The van der Waals surface area contributed by atoms with Crippen LogP contribution in [-0.2, 0) is 10.2 Å². The van der Waals surface area contributed by atoms with Gasteiger partial charge in [-0.05, 0) is 44.5 Å². The van der Waals surface area contributed by atoms with Gasteiger partial charge in [-0.25, -0.2) is 0 Å². The summed E-state index contributed by atoms with van der Waals surface area (Å²) in [6.45, 7) is 5.47. The number of carbonyl (C=O) groups excluding carboxylic acids is 2. The molecule has 1 aliphatic rings. The molecule has 0 saturated heterocycles. The van der Waals surface area contributed by atoms with E-state index < -0.39 is 5.41 Å². The van der Waals surface area contributed by atoms with Gasteiger partial charge >= 0.3 is 0 Å². The van der Waals surface area contributed by atoms with Crippen LogP contribution >= 0.6 is 0 Å². The first-order chi connectivity index (χ1) is 10.3. The zero-order chi connectivity index (χ0) is 16.1. The lowest BCUT2D eigenvalue weighted by molar-refractivity contribution is -0.121. The van der Waals surface area contributed by atoms with Gasteiger partial charge < -0.3 is 14.7 Å². The fourth-order valence-electron chi connectivity index (χ4n) is 2.73. The van der Waals surface area contributed by atoms with Crippen LogP contribution in [0.15, 0.2) is 28.8 Å². The zero-order valence-electron chi connectivity index (χ0n) is 12.9. The molecule has 0 saturated carbocycles. The van der Waals surface area contributed by atoms with Crippen LogP contribution in [0.2, 0.25) is 0 Å². The molecule has 1 aromatic heterocycles. The first-order valence-electron chi connectivity index (χ1n) is 6.98. The summed E-state index contributed by atoms with van der Waals surface area (Å²) in [5, 5.41) is 6.41. The van der Waals surface area contributed by atoms with Crippen molar-refractivity contribution < 1.29 is 14.1 Å². The van der Waals surface area contributed by atoms with E-state index in [1.165, 1.54) is 0 Å². The predicted molar refractivity (Wildman–Crippen MR) is 82.1 cm³/mol. The summed E-state index contributed by atoms with van der Waals surface area (Å²) in [4.78, 5) is 26.2. The molecule has 1 aliphatic heterocycles. The molecule has 0 radical (unpaired) electrons. The molecule has 0 spiro atoms. The van der Waals surface area contributed by atoms with Crippen molar-refractivity contribution in [2.24, 2.45) is 0 Å². The third-order valence-corrected chi connectivity index (χ3v) is 4.00. The largest absolute Gasteiger partial charge is 0.360 e. The van der Waals surface area contributed by atoms with Gasteiger partial charge in [0.25, 0.3) is 5.91 Å². The normalized spacial score (nSPS) is 15.8. The van der Waals surface area contributed by atoms with Crippen LogP contribution in [0, 0.1) is 6.92 Å². The molecule has 2 heterocycles. The standard InChI is InChI=1S/C16H17N3O3/c1-9-7-13(18-22-9)17-14(20)10-5-6-12-11(8-10)16(2,3)15(21)19(12)4/h5-8H,1-4H3,(H,17,18,20). The summed E-state index contributed by atoms with van der Waals surface area (Å²) in [6, 6.07) is 6.91. The van der Waals surface area contributed by atoms with Gasteiger partial charge in [0.2, 0.25) is 5.91 Å². The Bertz CT molecular complexity index is 777. The molecule has 3 rings (SSSR count). The Morgan fingerprint density at radius 2 is 2.05 bits per heavy atom. The minimum Gasteiger partial charge on any atom is -0.360 e. The van der Waals surface area contributed by atoms with Gasteiger partial charge in [0.15, 0.2) is 5.82 Å². The SMILES string of the molecule is Cc1cc(NC(=O)c2ccc3c(c2)C(C)(C)C(=O)N3C)no1. The Morgan fingerprint density at radius 1 is 1.32 bits per heavy atom. The van der Waals surface area contributed by atoms with Gasteiger partial charge in [-0.15, -0.1) is 0 Å². The van der Waals surface area contributed by atoms with E-state index in [1.54, 1.807) is 43.1 Å². The van der Waals surface area contributed by atoms with Gasteiger partial charge in [0, 0.05) is 24.4 Å². The number of carbonyl (C=O) groups is 2. The summed E-state index contributed by atoms with van der Waals surface area (Å²) in [5.41, 5.74) is 1.54. The van der Waals surface area contributed by atoms with Gasteiger partial charge in [0.05, 0.1) is 5.41 Å². The van der Waals surface area contributed by atoms with E-state index in [2.05, 4.69) is 10.5 Å². The molecular weight excluding hydrogens is 282 g/mol. The minimum absolute atomic E-state index is 0.0205. The van der Waals surface area contributed by atoms with E-state index in [0.717, 1.165) is 11.3 Å². The number of anilines is 2. The third-order valence-electron chi connectivity index (χ3n) is 4.00. The van der Waals surface area contributed by atoms with Gasteiger partial charge in [-0.2, -0.15) is 0 Å². The molecule has 2 aromatic rings. The molecule has 6 nitrogen and oxygen atoms in total. The maximum Gasteiger partial charge on any atom is 0.256 e. The Hall–Kier alpha value is -2.63. The summed E-state index contributed by atoms with van der Waals surface area (Å²) < 4.78 is 4.92. The van der Waals surface area contributed by atoms with Crippen LogP contribution in [-0.4, -0.2) is 24.0 Å². The van der Waals surface area contributed by atoms with Crippen LogP contribution < -0.4 is 10.2 Å². The lowest BCUT2D eigenvalue weighted by Crippen LogP contribution is -2.33. The number of hydrogen-bond donors (Lipinski definition) is 1. The number of nitrogens with one attached hydrogen (secondary N) is 1. The Labute approximate surface area is 128 Å². The monoisotopic (exact) mass is 299 g/mol. The van der Waals surface area contributed by atoms with E-state index in [9.17, 15) is 9.59 Å². The summed E-state index contributed by atoms with van der Waals surface area (Å²) in [5.74, 6) is 0.731. The van der Waals surface area contributed by atoms with Crippen LogP contribution in [0.4, 0.5) is 11.5 Å². The number of likely N-dealkylation sites (N-methyl/N-ethyl adjacent to an activating group) is 1. The van der Waals surface area contributed by atoms with Gasteiger partial charge in [-0.1, -0.05) is 5.16 Å². The van der Waals surface area contributed by atoms with E-state index >= 15 is 0 Å². The number of nitrogens with zero attached hydrogens (tertiary/aromatic N) is 2. The number of benzene rings is 1. The predicted octanol–water partition coefficient (Wildman–Crippen LogP) is 2.49. The molecule has 0 aliphatic carbocycles. The second-order valence-corrected chi connectivity index (χ2v) is 6.00. The maximum absolute atomic E-state index is 12.3. The number of fused-ring (bicyclic) bond motifs is 1.